The molecule has 1 unspecified atom stereocenters. The number of rotatable bonds is 3. The molecule has 0 bridgehead atoms. The second-order valence-electron chi connectivity index (χ2n) is 3.73. The third-order valence-electron chi connectivity index (χ3n) is 2.78. The Kier molecular flexibility index (Phi) is 1.85. The zero-order chi connectivity index (χ0) is 9.47. The van der Waals surface area contributed by atoms with Gasteiger partial charge in [-0.2, -0.15) is 15.0 Å². The van der Waals surface area contributed by atoms with Crippen LogP contribution in [0.5, 0.6) is 0 Å². The van der Waals surface area contributed by atoms with Gasteiger partial charge in [0, 0.05) is 19.0 Å². The number of aliphatic hydroxyl groups excluding tert-OH is 1. The van der Waals surface area contributed by atoms with Gasteiger partial charge in [-0.05, 0) is 12.8 Å². The Morgan fingerprint density at radius 2 is 2.46 bits per heavy atom. The Bertz CT molecular complexity index is 305. The molecule has 1 saturated carbocycles. The van der Waals surface area contributed by atoms with E-state index in [1.54, 1.807) is 13.2 Å². The Labute approximate surface area is 76.5 Å². The van der Waals surface area contributed by atoms with Crippen LogP contribution in [-0.2, 0) is 7.05 Å². The third-order valence-corrected chi connectivity index (χ3v) is 2.78. The van der Waals surface area contributed by atoms with Gasteiger partial charge in [0.25, 0.3) is 0 Å². The van der Waals surface area contributed by atoms with Crippen LogP contribution in [0.1, 0.15) is 24.6 Å². The van der Waals surface area contributed by atoms with Crippen LogP contribution in [0.3, 0.4) is 0 Å². The summed E-state index contributed by atoms with van der Waals surface area (Å²) < 4.78 is 0. The number of aliphatic hydroxyl groups is 1. The first-order valence-corrected chi connectivity index (χ1v) is 4.42. The molecule has 2 rings (SSSR count). The van der Waals surface area contributed by atoms with Crippen molar-refractivity contribution in [3.05, 3.63) is 11.9 Å². The lowest BCUT2D eigenvalue weighted by Gasteiger charge is -2.17. The van der Waals surface area contributed by atoms with Crippen molar-refractivity contribution in [2.24, 2.45) is 18.2 Å². The van der Waals surface area contributed by atoms with Crippen LogP contribution in [0.25, 0.3) is 0 Å². The molecule has 0 aromatic carbocycles. The normalized spacial score (nSPS) is 21.5. The van der Waals surface area contributed by atoms with E-state index in [0.29, 0.717) is 12.2 Å². The van der Waals surface area contributed by atoms with Gasteiger partial charge >= 0.3 is 0 Å². The van der Waals surface area contributed by atoms with E-state index < -0.39 is 6.10 Å². The molecule has 13 heavy (non-hydrogen) atoms. The molecule has 0 aliphatic heterocycles. The first-order valence-electron chi connectivity index (χ1n) is 4.42. The molecule has 0 spiro atoms. The monoisotopic (exact) mass is 182 g/mol. The molecule has 1 aliphatic rings. The number of nitrogens with two attached hydrogens (primary N) is 1. The van der Waals surface area contributed by atoms with Crippen LogP contribution >= 0.6 is 0 Å². The van der Waals surface area contributed by atoms with Crippen LogP contribution < -0.4 is 5.73 Å². The lowest BCUT2D eigenvalue weighted by atomic mass is 9.97. The average molecular weight is 182 g/mol. The minimum Gasteiger partial charge on any atom is -0.386 e. The van der Waals surface area contributed by atoms with Gasteiger partial charge in [0.05, 0.1) is 6.20 Å². The summed E-state index contributed by atoms with van der Waals surface area (Å²) in [7, 11) is 1.73. The topological polar surface area (TPSA) is 77.0 Å². The van der Waals surface area contributed by atoms with Gasteiger partial charge in [0.1, 0.15) is 11.8 Å². The molecule has 1 heterocycles. The zero-order valence-corrected chi connectivity index (χ0v) is 7.64. The standard InChI is InChI=1S/C8H14N4O/c1-12-10-4-6(11-12)7(13)8(5-9)2-3-8/h4,7,13H,2-3,5,9H2,1H3. The van der Waals surface area contributed by atoms with E-state index in [1.165, 1.54) is 4.80 Å². The van der Waals surface area contributed by atoms with Crippen LogP contribution in [0.4, 0.5) is 0 Å². The molecular weight excluding hydrogens is 168 g/mol. The minimum atomic E-state index is -0.550. The summed E-state index contributed by atoms with van der Waals surface area (Å²) in [6.45, 7) is 0.519. The molecule has 3 N–H and O–H groups in total. The number of aromatic nitrogens is 3. The van der Waals surface area contributed by atoms with Crippen molar-refractivity contribution in [1.82, 2.24) is 15.0 Å². The molecule has 1 aliphatic carbocycles. The van der Waals surface area contributed by atoms with Crippen LogP contribution in [-0.4, -0.2) is 26.6 Å². The highest BCUT2D eigenvalue weighted by Crippen LogP contribution is 2.53. The highest BCUT2D eigenvalue weighted by atomic mass is 16.3. The maximum atomic E-state index is 9.93. The summed E-state index contributed by atoms with van der Waals surface area (Å²) in [6, 6.07) is 0. The van der Waals surface area contributed by atoms with Gasteiger partial charge in [-0.25, -0.2) is 0 Å². The molecule has 0 amide bonds. The summed E-state index contributed by atoms with van der Waals surface area (Å²) in [4.78, 5) is 1.45. The van der Waals surface area contributed by atoms with Crippen molar-refractivity contribution in [2.75, 3.05) is 6.54 Å². The van der Waals surface area contributed by atoms with E-state index in [2.05, 4.69) is 10.2 Å². The Morgan fingerprint density at radius 1 is 1.77 bits per heavy atom. The minimum absolute atomic E-state index is 0.115. The fourth-order valence-corrected chi connectivity index (χ4v) is 1.55. The number of hydrogen-bond donors (Lipinski definition) is 2. The molecule has 1 aromatic rings. The predicted molar refractivity (Wildman–Crippen MR) is 46.7 cm³/mol. The lowest BCUT2D eigenvalue weighted by molar-refractivity contribution is 0.0928. The number of aryl methyl sites for hydroxylation is 1. The van der Waals surface area contributed by atoms with Crippen LogP contribution in [0, 0.1) is 5.41 Å². The number of hydrogen-bond acceptors (Lipinski definition) is 4. The zero-order valence-electron chi connectivity index (χ0n) is 7.64. The van der Waals surface area contributed by atoms with Crippen LogP contribution in [0.15, 0.2) is 6.20 Å². The largest absolute Gasteiger partial charge is 0.386 e. The SMILES string of the molecule is Cn1ncc(C(O)C2(CN)CC2)n1. The molecule has 1 atom stereocenters. The average Bonchev–Trinajstić information content (AvgIpc) is 2.82. The number of nitrogens with zero attached hydrogens (tertiary/aromatic N) is 3. The first-order chi connectivity index (χ1) is 6.18. The Hall–Kier alpha value is -0.940. The summed E-state index contributed by atoms with van der Waals surface area (Å²) in [6.07, 6.45) is 3.02. The second-order valence-corrected chi connectivity index (χ2v) is 3.73. The molecule has 5 nitrogen and oxygen atoms in total. The van der Waals surface area contributed by atoms with E-state index in [0.717, 1.165) is 12.8 Å². The molecular formula is C8H14N4O. The van der Waals surface area contributed by atoms with E-state index in [-0.39, 0.29) is 5.41 Å². The van der Waals surface area contributed by atoms with Crippen molar-refractivity contribution in [3.63, 3.8) is 0 Å². The summed E-state index contributed by atoms with van der Waals surface area (Å²) in [5.74, 6) is 0. The molecule has 1 fully saturated rings. The second kappa shape index (κ2) is 2.78. The lowest BCUT2D eigenvalue weighted by Crippen LogP contribution is -2.23. The van der Waals surface area contributed by atoms with Crippen molar-refractivity contribution >= 4 is 0 Å². The Morgan fingerprint density at radius 3 is 2.85 bits per heavy atom. The van der Waals surface area contributed by atoms with E-state index >= 15 is 0 Å². The highest BCUT2D eigenvalue weighted by Gasteiger charge is 2.49. The van der Waals surface area contributed by atoms with Gasteiger partial charge < -0.3 is 10.8 Å². The maximum Gasteiger partial charge on any atom is 0.112 e. The molecule has 72 valence electrons. The fraction of sp³-hybridized carbons (Fsp3) is 0.750. The summed E-state index contributed by atoms with van der Waals surface area (Å²) in [5, 5.41) is 17.9. The van der Waals surface area contributed by atoms with Crippen molar-refractivity contribution in [2.45, 2.75) is 18.9 Å². The van der Waals surface area contributed by atoms with E-state index in [4.69, 9.17) is 5.73 Å². The quantitative estimate of drug-likeness (QED) is 0.666. The Balaban J connectivity index is 2.17. The summed E-state index contributed by atoms with van der Waals surface area (Å²) in [5.41, 5.74) is 6.11. The van der Waals surface area contributed by atoms with Crippen molar-refractivity contribution in [1.29, 1.82) is 0 Å². The van der Waals surface area contributed by atoms with Crippen molar-refractivity contribution < 1.29 is 5.11 Å². The van der Waals surface area contributed by atoms with Gasteiger partial charge in [-0.3, -0.25) is 0 Å². The first kappa shape index (κ1) is 8.65. The summed E-state index contributed by atoms with van der Waals surface area (Å²) >= 11 is 0. The van der Waals surface area contributed by atoms with Gasteiger partial charge in [0.15, 0.2) is 0 Å². The fourth-order valence-electron chi connectivity index (χ4n) is 1.55. The molecule has 5 heteroatoms. The van der Waals surface area contributed by atoms with Gasteiger partial charge in [-0.15, -0.1) is 0 Å². The highest BCUT2D eigenvalue weighted by molar-refractivity contribution is 5.10. The van der Waals surface area contributed by atoms with Crippen LogP contribution in [0.2, 0.25) is 0 Å². The van der Waals surface area contributed by atoms with E-state index in [1.807, 2.05) is 0 Å². The van der Waals surface area contributed by atoms with Gasteiger partial charge in [-0.1, -0.05) is 0 Å². The van der Waals surface area contributed by atoms with Gasteiger partial charge in [0.2, 0.25) is 0 Å². The molecule has 1 aromatic heterocycles. The predicted octanol–water partition coefficient (Wildman–Crippen LogP) is -0.413. The third kappa shape index (κ3) is 1.34. The molecule has 0 saturated heterocycles. The maximum absolute atomic E-state index is 9.93. The molecule has 0 radical (unpaired) electrons. The van der Waals surface area contributed by atoms with Crippen molar-refractivity contribution in [3.8, 4) is 0 Å². The van der Waals surface area contributed by atoms with E-state index in [9.17, 15) is 5.11 Å². The smallest absolute Gasteiger partial charge is 0.112 e.